The molecule has 2 unspecified atom stereocenters. The topological polar surface area (TPSA) is 135 Å². The third-order valence-electron chi connectivity index (χ3n) is 8.24. The number of sulfonamides is 1. The molecule has 2 aromatic carbocycles. The Labute approximate surface area is 240 Å². The Morgan fingerprint density at radius 2 is 1.85 bits per heavy atom. The number of benzene rings is 2. The lowest BCUT2D eigenvalue weighted by atomic mass is 9.88. The third-order valence-corrected chi connectivity index (χ3v) is 12.4. The molecule has 2 N–H and O–H groups in total. The van der Waals surface area contributed by atoms with E-state index in [2.05, 4.69) is 10.3 Å². The SMILES string of the molecule is O=S(=O)(c1cccc(OCC(O)CNC2COC3(CCN(S(=O)(=O)c4ccc5ncccc5c4)CC3)C2)c1)C1CC1. The van der Waals surface area contributed by atoms with Crippen molar-refractivity contribution in [3.63, 3.8) is 0 Å². The molecule has 12 heteroatoms. The van der Waals surface area contributed by atoms with Crippen molar-refractivity contribution in [2.24, 2.45) is 0 Å². The Morgan fingerprint density at radius 1 is 1.05 bits per heavy atom. The van der Waals surface area contributed by atoms with Crippen LogP contribution in [-0.4, -0.2) is 87.1 Å². The van der Waals surface area contributed by atoms with E-state index in [1.54, 1.807) is 48.7 Å². The van der Waals surface area contributed by atoms with Crippen LogP contribution >= 0.6 is 0 Å². The summed E-state index contributed by atoms with van der Waals surface area (Å²) in [5.41, 5.74) is 0.374. The Hall–Kier alpha value is -2.61. The number of aliphatic hydroxyl groups excluding tert-OH is 1. The number of rotatable bonds is 10. The van der Waals surface area contributed by atoms with Gasteiger partial charge < -0.3 is 19.9 Å². The maximum absolute atomic E-state index is 13.3. The van der Waals surface area contributed by atoms with Crippen LogP contribution in [0.3, 0.4) is 0 Å². The van der Waals surface area contributed by atoms with Crippen LogP contribution in [0.25, 0.3) is 10.9 Å². The van der Waals surface area contributed by atoms with Crippen LogP contribution in [0.5, 0.6) is 5.75 Å². The summed E-state index contributed by atoms with van der Waals surface area (Å²) in [4.78, 5) is 4.79. The number of ether oxygens (including phenoxy) is 2. The van der Waals surface area contributed by atoms with E-state index in [1.807, 2.05) is 6.07 Å². The summed E-state index contributed by atoms with van der Waals surface area (Å²) in [5.74, 6) is 0.413. The minimum Gasteiger partial charge on any atom is -0.491 e. The molecule has 1 aliphatic carbocycles. The lowest BCUT2D eigenvalue weighted by molar-refractivity contribution is -0.0312. The van der Waals surface area contributed by atoms with Crippen LogP contribution in [0.4, 0.5) is 0 Å². The molecule has 2 saturated heterocycles. The number of fused-ring (bicyclic) bond motifs is 1. The Kier molecular flexibility index (Phi) is 7.81. The first-order valence-electron chi connectivity index (χ1n) is 14.0. The molecule has 1 aromatic heterocycles. The lowest BCUT2D eigenvalue weighted by Crippen LogP contribution is -2.47. The minimum absolute atomic E-state index is 0.0241. The summed E-state index contributed by atoms with van der Waals surface area (Å²) in [6.07, 6.45) is 4.23. The fourth-order valence-corrected chi connectivity index (χ4v) is 8.85. The van der Waals surface area contributed by atoms with E-state index in [0.717, 1.165) is 17.3 Å². The number of hydrogen-bond acceptors (Lipinski definition) is 9. The molecule has 10 nitrogen and oxygen atoms in total. The molecule has 220 valence electrons. The first-order chi connectivity index (χ1) is 19.6. The number of sulfone groups is 1. The molecule has 0 radical (unpaired) electrons. The predicted octanol–water partition coefficient (Wildman–Crippen LogP) is 2.51. The molecule has 6 rings (SSSR count). The second-order valence-electron chi connectivity index (χ2n) is 11.2. The zero-order chi connectivity index (χ0) is 28.7. The summed E-state index contributed by atoms with van der Waals surface area (Å²) >= 11 is 0. The van der Waals surface area contributed by atoms with Crippen molar-refractivity contribution in [1.82, 2.24) is 14.6 Å². The van der Waals surface area contributed by atoms with Crippen molar-refractivity contribution >= 4 is 30.8 Å². The fourth-order valence-electron chi connectivity index (χ4n) is 5.69. The maximum Gasteiger partial charge on any atom is 0.243 e. The second kappa shape index (κ2) is 11.2. The van der Waals surface area contributed by atoms with E-state index in [1.165, 1.54) is 10.4 Å². The number of piperidine rings is 1. The molecule has 1 saturated carbocycles. The van der Waals surface area contributed by atoms with Crippen LogP contribution in [0, 0.1) is 0 Å². The van der Waals surface area contributed by atoms with Gasteiger partial charge in [-0.1, -0.05) is 12.1 Å². The molecule has 0 amide bonds. The summed E-state index contributed by atoms with van der Waals surface area (Å²) in [7, 11) is -6.93. The highest BCUT2D eigenvalue weighted by atomic mass is 32.2. The molecule has 2 aliphatic heterocycles. The molecule has 0 bridgehead atoms. The van der Waals surface area contributed by atoms with E-state index in [4.69, 9.17) is 9.47 Å². The van der Waals surface area contributed by atoms with Crippen molar-refractivity contribution in [2.75, 3.05) is 32.8 Å². The Morgan fingerprint density at radius 3 is 2.63 bits per heavy atom. The second-order valence-corrected chi connectivity index (χ2v) is 15.4. The van der Waals surface area contributed by atoms with Gasteiger partial charge in [0.2, 0.25) is 10.0 Å². The van der Waals surface area contributed by atoms with Crippen molar-refractivity contribution in [2.45, 2.75) is 64.9 Å². The van der Waals surface area contributed by atoms with Gasteiger partial charge in [0.15, 0.2) is 9.84 Å². The highest BCUT2D eigenvalue weighted by Gasteiger charge is 2.44. The average Bonchev–Trinajstić information content (AvgIpc) is 3.78. The Balaban J connectivity index is 0.970. The normalized spacial score (nSPS) is 22.2. The summed E-state index contributed by atoms with van der Waals surface area (Å²) in [6.45, 7) is 1.56. The predicted molar refractivity (Wildman–Crippen MR) is 153 cm³/mol. The van der Waals surface area contributed by atoms with E-state index in [9.17, 15) is 21.9 Å². The molecule has 41 heavy (non-hydrogen) atoms. The van der Waals surface area contributed by atoms with Gasteiger partial charge in [0.1, 0.15) is 18.5 Å². The van der Waals surface area contributed by atoms with Crippen molar-refractivity contribution in [1.29, 1.82) is 0 Å². The average molecular weight is 602 g/mol. The molecule has 3 fully saturated rings. The summed E-state index contributed by atoms with van der Waals surface area (Å²) in [5, 5.41) is 14.3. The third kappa shape index (κ3) is 6.13. The van der Waals surface area contributed by atoms with E-state index < -0.39 is 26.0 Å². The van der Waals surface area contributed by atoms with Gasteiger partial charge >= 0.3 is 0 Å². The van der Waals surface area contributed by atoms with Gasteiger partial charge in [0.25, 0.3) is 0 Å². The van der Waals surface area contributed by atoms with Crippen molar-refractivity contribution < 1.29 is 31.4 Å². The quantitative estimate of drug-likeness (QED) is 0.359. The van der Waals surface area contributed by atoms with Gasteiger partial charge in [0, 0.05) is 37.3 Å². The zero-order valence-electron chi connectivity index (χ0n) is 22.7. The first-order valence-corrected chi connectivity index (χ1v) is 17.0. The van der Waals surface area contributed by atoms with E-state index in [-0.39, 0.29) is 33.3 Å². The largest absolute Gasteiger partial charge is 0.491 e. The molecule has 1 spiro atoms. The molecule has 3 heterocycles. The van der Waals surface area contributed by atoms with Gasteiger partial charge in [-0.15, -0.1) is 0 Å². The number of nitrogens with one attached hydrogen (secondary N) is 1. The van der Waals surface area contributed by atoms with Gasteiger partial charge in [-0.3, -0.25) is 4.98 Å². The standard InChI is InChI=1S/C29H35N3O7S2/c33-23(20-38-24-4-1-5-26(16-24)40(34,35)25-6-7-25)18-31-22-17-29(39-19-22)10-13-32(14-11-29)41(36,37)27-8-9-28-21(15-27)3-2-12-30-28/h1-5,8-9,12,15-16,22-23,25,31,33H,6-7,10-11,13-14,17-20H2. The van der Waals surface area contributed by atoms with Crippen LogP contribution in [-0.2, 0) is 24.6 Å². The van der Waals surface area contributed by atoms with Crippen LogP contribution < -0.4 is 10.1 Å². The number of pyridine rings is 1. The Bertz CT molecular complexity index is 1620. The smallest absolute Gasteiger partial charge is 0.243 e. The molecule has 3 aromatic rings. The number of nitrogens with zero attached hydrogens (tertiary/aromatic N) is 2. The highest BCUT2D eigenvalue weighted by molar-refractivity contribution is 7.92. The van der Waals surface area contributed by atoms with Gasteiger partial charge in [-0.2, -0.15) is 4.31 Å². The van der Waals surface area contributed by atoms with Crippen molar-refractivity contribution in [3.05, 3.63) is 60.8 Å². The van der Waals surface area contributed by atoms with Crippen LogP contribution in [0.15, 0.2) is 70.6 Å². The van der Waals surface area contributed by atoms with Crippen molar-refractivity contribution in [3.8, 4) is 5.75 Å². The molecule has 3 aliphatic rings. The summed E-state index contributed by atoms with van der Waals surface area (Å²) in [6, 6.07) is 15.1. The zero-order valence-corrected chi connectivity index (χ0v) is 24.3. The monoisotopic (exact) mass is 601 g/mol. The van der Waals surface area contributed by atoms with Crippen LogP contribution in [0.1, 0.15) is 32.1 Å². The first kappa shape index (κ1) is 28.5. The van der Waals surface area contributed by atoms with Crippen LogP contribution in [0.2, 0.25) is 0 Å². The number of hydrogen-bond donors (Lipinski definition) is 2. The molecule has 2 atom stereocenters. The van der Waals surface area contributed by atoms with Gasteiger partial charge in [-0.25, -0.2) is 16.8 Å². The highest BCUT2D eigenvalue weighted by Crippen LogP contribution is 2.38. The molecular weight excluding hydrogens is 566 g/mol. The number of aromatic nitrogens is 1. The summed E-state index contributed by atoms with van der Waals surface area (Å²) < 4.78 is 65.0. The molecular formula is C29H35N3O7S2. The number of aliphatic hydroxyl groups is 1. The minimum atomic E-state index is -3.62. The lowest BCUT2D eigenvalue weighted by Gasteiger charge is -2.38. The maximum atomic E-state index is 13.3. The van der Waals surface area contributed by atoms with Gasteiger partial charge in [-0.05, 0) is 74.6 Å². The van der Waals surface area contributed by atoms with E-state index >= 15 is 0 Å². The van der Waals surface area contributed by atoms with Gasteiger partial charge in [0.05, 0.1) is 32.8 Å². The fraction of sp³-hybridized carbons (Fsp3) is 0.483. The van der Waals surface area contributed by atoms with E-state index in [0.29, 0.717) is 57.7 Å².